The van der Waals surface area contributed by atoms with E-state index in [0.29, 0.717) is 11.5 Å². The minimum absolute atomic E-state index is 0.0355. The molecule has 1 aliphatic rings. The van der Waals surface area contributed by atoms with Crippen LogP contribution in [0, 0.1) is 0 Å². The minimum Gasteiger partial charge on any atom is -0.355 e. The number of hydrogen-bond donors (Lipinski definition) is 1. The number of nitrogens with zero attached hydrogens (tertiary/aromatic N) is 3. The second-order valence-electron chi connectivity index (χ2n) is 3.73. The lowest BCUT2D eigenvalue weighted by Crippen LogP contribution is -2.38. The molecule has 0 bridgehead atoms. The number of aromatic nitrogens is 2. The molecule has 2 rings (SSSR count). The molecule has 0 aromatic carbocycles. The Morgan fingerprint density at radius 2 is 2.06 bits per heavy atom. The maximum atomic E-state index is 12.1. The third-order valence-corrected chi connectivity index (χ3v) is 3.47. The lowest BCUT2D eigenvalue weighted by Gasteiger charge is -2.26. The van der Waals surface area contributed by atoms with Gasteiger partial charge in [-0.1, -0.05) is 0 Å². The maximum absolute atomic E-state index is 12.1. The molecule has 2 heterocycles. The number of amides is 1. The first-order valence-electron chi connectivity index (χ1n) is 5.74. The zero-order valence-electron chi connectivity index (χ0n) is 9.85. The van der Waals surface area contributed by atoms with E-state index in [4.69, 9.17) is 0 Å². The van der Waals surface area contributed by atoms with Gasteiger partial charge in [-0.2, -0.15) is 11.8 Å². The Bertz CT molecular complexity index is 376. The highest BCUT2D eigenvalue weighted by atomic mass is 32.2. The smallest absolute Gasteiger partial charge is 0.257 e. The first-order chi connectivity index (χ1) is 8.31. The van der Waals surface area contributed by atoms with Crippen LogP contribution in [0.3, 0.4) is 0 Å². The third-order valence-electron chi connectivity index (χ3n) is 2.53. The molecule has 17 heavy (non-hydrogen) atoms. The number of carbonyl (C=O) groups excluding carboxylic acids is 1. The molecular weight excluding hydrogens is 236 g/mol. The van der Waals surface area contributed by atoms with Gasteiger partial charge in [-0.3, -0.25) is 4.79 Å². The largest absolute Gasteiger partial charge is 0.355 e. The standard InChI is InChI=1S/C11H16N4OS/c1-2-12-11-13-7-9(8-14-11)10(16)15-3-5-17-6-4-15/h7-8H,2-6H2,1H3,(H,12,13,14). The fourth-order valence-corrected chi connectivity index (χ4v) is 2.54. The van der Waals surface area contributed by atoms with Gasteiger partial charge in [0.2, 0.25) is 5.95 Å². The summed E-state index contributed by atoms with van der Waals surface area (Å²) in [5.74, 6) is 2.64. The van der Waals surface area contributed by atoms with Crippen LogP contribution in [-0.4, -0.2) is 51.9 Å². The van der Waals surface area contributed by atoms with Crippen molar-refractivity contribution in [2.75, 3.05) is 36.5 Å². The molecule has 5 nitrogen and oxygen atoms in total. The van der Waals surface area contributed by atoms with E-state index in [2.05, 4.69) is 15.3 Å². The van der Waals surface area contributed by atoms with Crippen LogP contribution >= 0.6 is 11.8 Å². The van der Waals surface area contributed by atoms with Crippen LogP contribution in [0.15, 0.2) is 12.4 Å². The summed E-state index contributed by atoms with van der Waals surface area (Å²) in [6.45, 7) is 4.39. The van der Waals surface area contributed by atoms with Crippen molar-refractivity contribution in [3.63, 3.8) is 0 Å². The monoisotopic (exact) mass is 252 g/mol. The zero-order valence-corrected chi connectivity index (χ0v) is 10.7. The van der Waals surface area contributed by atoms with Crippen LogP contribution < -0.4 is 5.32 Å². The van der Waals surface area contributed by atoms with Crippen LogP contribution in [0.5, 0.6) is 0 Å². The van der Waals surface area contributed by atoms with Gasteiger partial charge in [0.25, 0.3) is 5.91 Å². The quantitative estimate of drug-likeness (QED) is 0.873. The van der Waals surface area contributed by atoms with Crippen molar-refractivity contribution < 1.29 is 4.79 Å². The minimum atomic E-state index is 0.0355. The summed E-state index contributed by atoms with van der Waals surface area (Å²) in [6.07, 6.45) is 3.18. The summed E-state index contributed by atoms with van der Waals surface area (Å²) >= 11 is 1.89. The van der Waals surface area contributed by atoms with Crippen LogP contribution in [-0.2, 0) is 0 Å². The third kappa shape index (κ3) is 3.09. The molecule has 1 aromatic heterocycles. The van der Waals surface area contributed by atoms with Gasteiger partial charge < -0.3 is 10.2 Å². The summed E-state index contributed by atoms with van der Waals surface area (Å²) in [5, 5.41) is 3.00. The van der Waals surface area contributed by atoms with Crippen molar-refractivity contribution in [3.05, 3.63) is 18.0 Å². The van der Waals surface area contributed by atoms with Crippen molar-refractivity contribution in [1.82, 2.24) is 14.9 Å². The van der Waals surface area contributed by atoms with Gasteiger partial charge in [0.1, 0.15) is 0 Å². The molecule has 1 aromatic rings. The molecule has 1 saturated heterocycles. The summed E-state index contributed by atoms with van der Waals surface area (Å²) in [7, 11) is 0. The highest BCUT2D eigenvalue weighted by Crippen LogP contribution is 2.12. The summed E-state index contributed by atoms with van der Waals surface area (Å²) in [6, 6.07) is 0. The zero-order chi connectivity index (χ0) is 12.1. The van der Waals surface area contributed by atoms with Crippen molar-refractivity contribution in [1.29, 1.82) is 0 Å². The van der Waals surface area contributed by atoms with Gasteiger partial charge in [-0.25, -0.2) is 9.97 Å². The Hall–Kier alpha value is -1.30. The Morgan fingerprint density at radius 1 is 1.41 bits per heavy atom. The van der Waals surface area contributed by atoms with Crippen molar-refractivity contribution in [2.45, 2.75) is 6.92 Å². The Labute approximate surface area is 105 Å². The Balaban J connectivity index is 2.03. The van der Waals surface area contributed by atoms with Crippen molar-refractivity contribution >= 4 is 23.6 Å². The van der Waals surface area contributed by atoms with Crippen LogP contribution in [0.1, 0.15) is 17.3 Å². The molecule has 1 fully saturated rings. The van der Waals surface area contributed by atoms with E-state index < -0.39 is 0 Å². The normalized spacial score (nSPS) is 15.7. The molecule has 6 heteroatoms. The van der Waals surface area contributed by atoms with E-state index in [1.54, 1.807) is 12.4 Å². The topological polar surface area (TPSA) is 58.1 Å². The molecule has 0 saturated carbocycles. The maximum Gasteiger partial charge on any atom is 0.257 e. The molecule has 0 unspecified atom stereocenters. The molecule has 0 radical (unpaired) electrons. The van der Waals surface area contributed by atoms with Gasteiger partial charge in [0, 0.05) is 43.5 Å². The molecule has 0 spiro atoms. The van der Waals surface area contributed by atoms with E-state index in [0.717, 1.165) is 31.1 Å². The van der Waals surface area contributed by atoms with Gasteiger partial charge >= 0.3 is 0 Å². The van der Waals surface area contributed by atoms with Gasteiger partial charge in [0.15, 0.2) is 0 Å². The van der Waals surface area contributed by atoms with Gasteiger partial charge in [-0.05, 0) is 6.92 Å². The molecule has 0 aliphatic carbocycles. The van der Waals surface area contributed by atoms with Crippen molar-refractivity contribution in [2.24, 2.45) is 0 Å². The average molecular weight is 252 g/mol. The number of thioether (sulfide) groups is 1. The van der Waals surface area contributed by atoms with Gasteiger partial charge in [0.05, 0.1) is 5.56 Å². The summed E-state index contributed by atoms with van der Waals surface area (Å²) in [5.41, 5.74) is 0.568. The fourth-order valence-electron chi connectivity index (χ4n) is 1.64. The number of anilines is 1. The van der Waals surface area contributed by atoms with Crippen molar-refractivity contribution in [3.8, 4) is 0 Å². The number of hydrogen-bond acceptors (Lipinski definition) is 5. The lowest BCUT2D eigenvalue weighted by molar-refractivity contribution is 0.0771. The average Bonchev–Trinajstić information content (AvgIpc) is 2.40. The Morgan fingerprint density at radius 3 is 2.65 bits per heavy atom. The molecular formula is C11H16N4OS. The number of carbonyl (C=O) groups is 1. The molecule has 92 valence electrons. The Kier molecular flexibility index (Phi) is 4.19. The molecule has 1 aliphatic heterocycles. The summed E-state index contributed by atoms with van der Waals surface area (Å²) in [4.78, 5) is 22.2. The predicted molar refractivity (Wildman–Crippen MR) is 69.4 cm³/mol. The second kappa shape index (κ2) is 5.86. The SMILES string of the molecule is CCNc1ncc(C(=O)N2CCSCC2)cn1. The van der Waals surface area contributed by atoms with E-state index in [-0.39, 0.29) is 5.91 Å². The molecule has 1 amide bonds. The first-order valence-corrected chi connectivity index (χ1v) is 6.89. The van der Waals surface area contributed by atoms with E-state index in [9.17, 15) is 4.79 Å². The van der Waals surface area contributed by atoms with Crippen LogP contribution in [0.2, 0.25) is 0 Å². The van der Waals surface area contributed by atoms with E-state index in [1.165, 1.54) is 0 Å². The number of nitrogens with one attached hydrogen (secondary N) is 1. The second-order valence-corrected chi connectivity index (χ2v) is 4.95. The predicted octanol–water partition coefficient (Wildman–Crippen LogP) is 1.10. The van der Waals surface area contributed by atoms with Gasteiger partial charge in [-0.15, -0.1) is 0 Å². The summed E-state index contributed by atoms with van der Waals surface area (Å²) < 4.78 is 0. The first kappa shape index (κ1) is 12.2. The van der Waals surface area contributed by atoms with E-state index >= 15 is 0 Å². The highest BCUT2D eigenvalue weighted by molar-refractivity contribution is 7.99. The molecule has 1 N–H and O–H groups in total. The van der Waals surface area contributed by atoms with E-state index in [1.807, 2.05) is 23.6 Å². The molecule has 0 atom stereocenters. The highest BCUT2D eigenvalue weighted by Gasteiger charge is 2.18. The lowest BCUT2D eigenvalue weighted by atomic mass is 10.3. The fraction of sp³-hybridized carbons (Fsp3) is 0.545. The van der Waals surface area contributed by atoms with Crippen LogP contribution in [0.25, 0.3) is 0 Å². The number of rotatable bonds is 3. The van der Waals surface area contributed by atoms with Crippen LogP contribution in [0.4, 0.5) is 5.95 Å².